The van der Waals surface area contributed by atoms with E-state index >= 15 is 0 Å². The van der Waals surface area contributed by atoms with E-state index in [9.17, 15) is 9.90 Å². The monoisotopic (exact) mass is 293 g/mol. The minimum absolute atomic E-state index is 0.0188. The number of rotatable bonds is 5. The zero-order chi connectivity index (χ0) is 15.8. The second-order valence-electron chi connectivity index (χ2n) is 4.59. The number of nitrogens with one attached hydrogen (secondary N) is 1. The molecule has 2 aromatic rings. The molecule has 1 amide bonds. The van der Waals surface area contributed by atoms with Gasteiger partial charge in [-0.2, -0.15) is 5.26 Å². The summed E-state index contributed by atoms with van der Waals surface area (Å²) in [6, 6.07) is 12.3. The van der Waals surface area contributed by atoms with Crippen molar-refractivity contribution in [2.45, 2.75) is 6.42 Å². The molecule has 0 radical (unpaired) electrons. The predicted molar refractivity (Wildman–Crippen MR) is 82.6 cm³/mol. The first kappa shape index (κ1) is 15.3. The molecule has 5 heteroatoms. The molecule has 2 rings (SSSR count). The number of benzene rings is 1. The first-order valence-electron chi connectivity index (χ1n) is 6.77. The van der Waals surface area contributed by atoms with Crippen molar-refractivity contribution < 1.29 is 9.90 Å². The number of para-hydroxylation sites is 1. The Labute approximate surface area is 128 Å². The maximum atomic E-state index is 12.0. The maximum absolute atomic E-state index is 12.0. The van der Waals surface area contributed by atoms with Crippen LogP contribution in [-0.4, -0.2) is 22.5 Å². The maximum Gasteiger partial charge on any atom is 0.261 e. The summed E-state index contributed by atoms with van der Waals surface area (Å²) >= 11 is 0. The summed E-state index contributed by atoms with van der Waals surface area (Å²) < 4.78 is 0. The fraction of sp³-hybridized carbons (Fsp3) is 0.118. The normalized spacial score (nSPS) is 10.8. The van der Waals surface area contributed by atoms with Crippen LogP contribution in [0.5, 0.6) is 5.75 Å². The van der Waals surface area contributed by atoms with E-state index < -0.39 is 5.91 Å². The van der Waals surface area contributed by atoms with Gasteiger partial charge in [-0.25, -0.2) is 0 Å². The Bertz CT molecular complexity index is 718. The number of phenolic OH excluding ortho intramolecular Hbond substituents is 1. The molecule has 0 saturated heterocycles. The fourth-order valence-corrected chi connectivity index (χ4v) is 1.90. The summed E-state index contributed by atoms with van der Waals surface area (Å²) in [7, 11) is 0. The first-order valence-corrected chi connectivity index (χ1v) is 6.77. The second kappa shape index (κ2) is 7.60. The molecule has 2 N–H and O–H groups in total. The molecule has 0 aliphatic rings. The van der Waals surface area contributed by atoms with Crippen molar-refractivity contribution in [2.75, 3.05) is 6.54 Å². The van der Waals surface area contributed by atoms with Gasteiger partial charge in [-0.1, -0.05) is 24.3 Å². The van der Waals surface area contributed by atoms with E-state index in [4.69, 9.17) is 5.26 Å². The quantitative estimate of drug-likeness (QED) is 0.652. The van der Waals surface area contributed by atoms with E-state index in [0.717, 1.165) is 5.56 Å². The van der Waals surface area contributed by atoms with E-state index in [2.05, 4.69) is 10.3 Å². The van der Waals surface area contributed by atoms with Crippen LogP contribution in [0.3, 0.4) is 0 Å². The largest absolute Gasteiger partial charge is 0.508 e. The van der Waals surface area contributed by atoms with Gasteiger partial charge in [-0.05, 0) is 35.8 Å². The van der Waals surface area contributed by atoms with Crippen LogP contribution >= 0.6 is 0 Å². The Morgan fingerprint density at radius 3 is 2.82 bits per heavy atom. The summed E-state index contributed by atoms with van der Waals surface area (Å²) in [5, 5.41) is 21.4. The van der Waals surface area contributed by atoms with Crippen LogP contribution in [-0.2, 0) is 11.2 Å². The van der Waals surface area contributed by atoms with Crippen LogP contribution in [0.15, 0.2) is 54.4 Å². The summed E-state index contributed by atoms with van der Waals surface area (Å²) in [5.41, 5.74) is 1.46. The Morgan fingerprint density at radius 2 is 2.14 bits per heavy atom. The number of phenols is 1. The number of hydrogen-bond donors (Lipinski definition) is 2. The van der Waals surface area contributed by atoms with Gasteiger partial charge in [-0.15, -0.1) is 0 Å². The van der Waals surface area contributed by atoms with Crippen LogP contribution in [0.2, 0.25) is 0 Å². The molecule has 0 bridgehead atoms. The molecule has 1 heterocycles. The lowest BCUT2D eigenvalue weighted by molar-refractivity contribution is -0.117. The average Bonchev–Trinajstić information content (AvgIpc) is 2.55. The average molecular weight is 293 g/mol. The summed E-state index contributed by atoms with van der Waals surface area (Å²) in [4.78, 5) is 15.9. The topological polar surface area (TPSA) is 86.0 Å². The van der Waals surface area contributed by atoms with Crippen molar-refractivity contribution in [3.8, 4) is 11.8 Å². The third-order valence-electron chi connectivity index (χ3n) is 3.03. The number of nitriles is 1. The minimum Gasteiger partial charge on any atom is -0.508 e. The first-order chi connectivity index (χ1) is 10.7. The number of hydrogen-bond acceptors (Lipinski definition) is 4. The van der Waals surface area contributed by atoms with Crippen molar-refractivity contribution in [2.24, 2.45) is 0 Å². The molecule has 0 unspecified atom stereocenters. The number of pyridine rings is 1. The molecule has 0 aliphatic carbocycles. The number of nitrogens with zero attached hydrogens (tertiary/aromatic N) is 2. The van der Waals surface area contributed by atoms with Crippen LogP contribution in [0.25, 0.3) is 6.08 Å². The number of carbonyl (C=O) groups is 1. The number of amides is 1. The van der Waals surface area contributed by atoms with Crippen molar-refractivity contribution >= 4 is 12.0 Å². The van der Waals surface area contributed by atoms with Crippen molar-refractivity contribution in [3.05, 3.63) is 65.5 Å². The van der Waals surface area contributed by atoms with E-state index in [0.29, 0.717) is 18.5 Å². The van der Waals surface area contributed by atoms with Gasteiger partial charge in [0.25, 0.3) is 5.91 Å². The molecule has 22 heavy (non-hydrogen) atoms. The van der Waals surface area contributed by atoms with Crippen LogP contribution in [0, 0.1) is 11.3 Å². The summed E-state index contributed by atoms with van der Waals surface area (Å²) in [5.74, 6) is -0.245. The third-order valence-corrected chi connectivity index (χ3v) is 3.03. The molecule has 0 spiro atoms. The molecule has 0 fully saturated rings. The lowest BCUT2D eigenvalue weighted by Gasteiger charge is -2.06. The molecule has 5 nitrogen and oxygen atoms in total. The smallest absolute Gasteiger partial charge is 0.261 e. The van der Waals surface area contributed by atoms with Gasteiger partial charge in [-0.3, -0.25) is 9.78 Å². The molecular weight excluding hydrogens is 278 g/mol. The molecule has 110 valence electrons. The number of aromatic nitrogens is 1. The van der Waals surface area contributed by atoms with Gasteiger partial charge in [0.2, 0.25) is 0 Å². The lowest BCUT2D eigenvalue weighted by atomic mass is 10.1. The van der Waals surface area contributed by atoms with Gasteiger partial charge in [0.05, 0.1) is 0 Å². The second-order valence-corrected chi connectivity index (χ2v) is 4.59. The van der Waals surface area contributed by atoms with Crippen LogP contribution in [0.4, 0.5) is 0 Å². The zero-order valence-electron chi connectivity index (χ0n) is 11.9. The van der Waals surface area contributed by atoms with Crippen LogP contribution in [0.1, 0.15) is 11.1 Å². The number of carbonyl (C=O) groups excluding carboxylic acids is 1. The molecule has 0 aliphatic heterocycles. The molecule has 1 aromatic carbocycles. The lowest BCUT2D eigenvalue weighted by Crippen LogP contribution is -2.26. The molecule has 0 atom stereocenters. The van der Waals surface area contributed by atoms with Crippen LogP contribution < -0.4 is 5.32 Å². The van der Waals surface area contributed by atoms with Crippen molar-refractivity contribution in [1.82, 2.24) is 10.3 Å². The van der Waals surface area contributed by atoms with E-state index in [1.165, 1.54) is 6.08 Å². The fourth-order valence-electron chi connectivity index (χ4n) is 1.90. The molecular formula is C17H15N3O2. The highest BCUT2D eigenvalue weighted by Gasteiger charge is 2.09. The Kier molecular flexibility index (Phi) is 5.27. The zero-order valence-corrected chi connectivity index (χ0v) is 11.9. The van der Waals surface area contributed by atoms with E-state index in [-0.39, 0.29) is 11.3 Å². The Hall–Kier alpha value is -3.13. The van der Waals surface area contributed by atoms with E-state index in [1.807, 2.05) is 12.1 Å². The summed E-state index contributed by atoms with van der Waals surface area (Å²) in [6.07, 6.45) is 5.18. The van der Waals surface area contributed by atoms with Crippen molar-refractivity contribution in [1.29, 1.82) is 5.26 Å². The standard InChI is InChI=1S/C17H15N3O2/c18-11-15(10-13-4-3-8-19-12-13)17(22)20-9-7-14-5-1-2-6-16(14)21/h1-6,8,10,12,21H,7,9H2,(H,20,22)/b15-10+. The van der Waals surface area contributed by atoms with Gasteiger partial charge in [0.1, 0.15) is 17.4 Å². The van der Waals surface area contributed by atoms with Gasteiger partial charge >= 0.3 is 0 Å². The van der Waals surface area contributed by atoms with Crippen molar-refractivity contribution in [3.63, 3.8) is 0 Å². The van der Waals surface area contributed by atoms with E-state index in [1.54, 1.807) is 42.7 Å². The highest BCUT2D eigenvalue weighted by Crippen LogP contribution is 2.15. The SMILES string of the molecule is N#C/C(=C\c1cccnc1)C(=O)NCCc1ccccc1O. The molecule has 0 saturated carbocycles. The minimum atomic E-state index is -0.443. The molecule has 1 aromatic heterocycles. The Balaban J connectivity index is 1.95. The highest BCUT2D eigenvalue weighted by molar-refractivity contribution is 6.01. The Morgan fingerprint density at radius 1 is 1.32 bits per heavy atom. The third kappa shape index (κ3) is 4.18. The van der Waals surface area contributed by atoms with Gasteiger partial charge in [0, 0.05) is 18.9 Å². The predicted octanol–water partition coefficient (Wildman–Crippen LogP) is 2.05. The number of aromatic hydroxyl groups is 1. The van der Waals surface area contributed by atoms with Gasteiger partial charge < -0.3 is 10.4 Å². The summed E-state index contributed by atoms with van der Waals surface area (Å²) in [6.45, 7) is 0.336. The van der Waals surface area contributed by atoms with Gasteiger partial charge in [0.15, 0.2) is 0 Å². The highest BCUT2D eigenvalue weighted by atomic mass is 16.3.